The molecule has 1 aromatic rings. The smallest absolute Gasteiger partial charge is 0.224 e. The Bertz CT molecular complexity index is 760. The van der Waals surface area contributed by atoms with Gasteiger partial charge in [0.05, 0.1) is 18.7 Å². The molecule has 9 nitrogen and oxygen atoms in total. The maximum absolute atomic E-state index is 12.6. The third-order valence-electron chi connectivity index (χ3n) is 7.11. The van der Waals surface area contributed by atoms with Crippen LogP contribution >= 0.6 is 0 Å². The van der Waals surface area contributed by atoms with Crippen molar-refractivity contribution in [3.05, 3.63) is 11.9 Å². The van der Waals surface area contributed by atoms with E-state index in [1.165, 1.54) is 13.3 Å². The zero-order valence-electron chi connectivity index (χ0n) is 17.8. The van der Waals surface area contributed by atoms with Crippen LogP contribution in [-0.2, 0) is 21.7 Å². The third kappa shape index (κ3) is 4.67. The van der Waals surface area contributed by atoms with Crippen molar-refractivity contribution in [3.8, 4) is 0 Å². The highest BCUT2D eigenvalue weighted by atomic mass is 16.3. The molecule has 1 unspecified atom stereocenters. The summed E-state index contributed by atoms with van der Waals surface area (Å²) in [6.07, 6.45) is 8.72. The predicted octanol–water partition coefficient (Wildman–Crippen LogP) is 0.393. The summed E-state index contributed by atoms with van der Waals surface area (Å²) in [7, 11) is 0. The van der Waals surface area contributed by atoms with Crippen LogP contribution in [0, 0.1) is 11.8 Å². The topological polar surface area (TPSA) is 112 Å². The Morgan fingerprint density at radius 1 is 1.23 bits per heavy atom. The number of amides is 2. The number of nitrogens with zero attached hydrogens (tertiary/aromatic N) is 4. The van der Waals surface area contributed by atoms with Crippen molar-refractivity contribution in [2.24, 2.45) is 11.8 Å². The minimum absolute atomic E-state index is 0.0154. The monoisotopic (exact) mass is 418 g/mol. The van der Waals surface area contributed by atoms with Crippen molar-refractivity contribution in [2.45, 2.75) is 70.1 Å². The quantitative estimate of drug-likeness (QED) is 0.553. The van der Waals surface area contributed by atoms with Gasteiger partial charge >= 0.3 is 0 Å². The molecule has 1 aliphatic carbocycles. The molecule has 9 heteroatoms. The first-order chi connectivity index (χ1) is 14.4. The Balaban J connectivity index is 1.30. The van der Waals surface area contributed by atoms with Gasteiger partial charge in [-0.1, -0.05) is 24.5 Å². The highest BCUT2D eigenvalue weighted by Crippen LogP contribution is 2.38. The van der Waals surface area contributed by atoms with E-state index in [0.717, 1.165) is 58.2 Å². The first-order valence-electron chi connectivity index (χ1n) is 11.3. The molecule has 4 aliphatic rings. The number of carbonyl (C=O) groups is 2. The number of nitrogens with one attached hydrogen (secondary N) is 2. The fraction of sp³-hybridized carbons (Fsp3) is 0.810. The van der Waals surface area contributed by atoms with Crippen LogP contribution in [0.3, 0.4) is 0 Å². The van der Waals surface area contributed by atoms with Crippen molar-refractivity contribution in [3.63, 3.8) is 0 Å². The lowest BCUT2D eigenvalue weighted by Crippen LogP contribution is -2.58. The van der Waals surface area contributed by atoms with Gasteiger partial charge in [0, 0.05) is 32.6 Å². The van der Waals surface area contributed by atoms with E-state index in [1.54, 1.807) is 0 Å². The van der Waals surface area contributed by atoms with E-state index in [2.05, 4.69) is 25.8 Å². The van der Waals surface area contributed by atoms with E-state index in [4.69, 9.17) is 0 Å². The number of piperidine rings is 3. The molecular weight excluding hydrogens is 384 g/mol. The van der Waals surface area contributed by atoms with Gasteiger partial charge in [0.15, 0.2) is 0 Å². The zero-order chi connectivity index (χ0) is 21.1. The normalized spacial score (nSPS) is 30.1. The fourth-order valence-corrected chi connectivity index (χ4v) is 5.39. The van der Waals surface area contributed by atoms with Crippen LogP contribution in [0.2, 0.25) is 0 Å². The van der Waals surface area contributed by atoms with E-state index in [1.807, 2.05) is 10.9 Å². The van der Waals surface area contributed by atoms with Crippen molar-refractivity contribution < 1.29 is 14.7 Å². The molecule has 0 radical (unpaired) electrons. The Morgan fingerprint density at radius 3 is 2.70 bits per heavy atom. The number of hydrogen-bond donors (Lipinski definition) is 3. The highest BCUT2D eigenvalue weighted by molar-refractivity contribution is 5.79. The summed E-state index contributed by atoms with van der Waals surface area (Å²) < 4.78 is 1.87. The summed E-state index contributed by atoms with van der Waals surface area (Å²) in [5.74, 6) is 0.408. The molecule has 5 rings (SSSR count). The minimum Gasteiger partial charge on any atom is -0.383 e. The minimum atomic E-state index is -0.817. The van der Waals surface area contributed by atoms with Crippen LogP contribution in [0.4, 0.5) is 0 Å². The van der Waals surface area contributed by atoms with Crippen molar-refractivity contribution in [1.29, 1.82) is 0 Å². The molecule has 3 saturated heterocycles. The molecule has 1 saturated carbocycles. The molecule has 3 aliphatic heterocycles. The summed E-state index contributed by atoms with van der Waals surface area (Å²) in [5.41, 5.74) is -0.113. The molecule has 2 bridgehead atoms. The first-order valence-corrected chi connectivity index (χ1v) is 11.3. The molecule has 4 atom stereocenters. The van der Waals surface area contributed by atoms with Gasteiger partial charge in [-0.25, -0.2) is 0 Å². The molecule has 30 heavy (non-hydrogen) atoms. The molecule has 0 aromatic carbocycles. The summed E-state index contributed by atoms with van der Waals surface area (Å²) in [6, 6.07) is 0.350. The van der Waals surface area contributed by atoms with E-state index >= 15 is 0 Å². The lowest BCUT2D eigenvalue weighted by atomic mass is 9.75. The third-order valence-corrected chi connectivity index (χ3v) is 7.11. The van der Waals surface area contributed by atoms with Gasteiger partial charge < -0.3 is 15.7 Å². The van der Waals surface area contributed by atoms with Gasteiger partial charge in [-0.3, -0.25) is 19.2 Å². The number of rotatable bonds is 7. The van der Waals surface area contributed by atoms with Crippen LogP contribution in [0.25, 0.3) is 0 Å². The standard InChI is InChI=1S/C21H34N6O3/c1-15(28)22-8-9-23-20(29)18-13-26-10-5-16(18)11-17(26)12-27-14-19(24-25-27)21(30)6-3-2-4-7-21/h14,16-18,30H,2-13H2,1H3,(H,22,28)(H,23,29)/t16-,17-,18+/m1/s1. The van der Waals surface area contributed by atoms with Crippen LogP contribution in [0.5, 0.6) is 0 Å². The molecule has 1 aromatic heterocycles. The number of fused-ring (bicyclic) bond motifs is 3. The second-order valence-corrected chi connectivity index (χ2v) is 9.23. The predicted molar refractivity (Wildman–Crippen MR) is 110 cm³/mol. The Morgan fingerprint density at radius 2 is 2.00 bits per heavy atom. The van der Waals surface area contributed by atoms with Crippen molar-refractivity contribution in [2.75, 3.05) is 26.2 Å². The van der Waals surface area contributed by atoms with E-state index in [-0.39, 0.29) is 17.7 Å². The molecule has 4 fully saturated rings. The largest absolute Gasteiger partial charge is 0.383 e. The van der Waals surface area contributed by atoms with Gasteiger partial charge in [0.2, 0.25) is 11.8 Å². The van der Waals surface area contributed by atoms with E-state index in [9.17, 15) is 14.7 Å². The molecule has 2 amide bonds. The van der Waals surface area contributed by atoms with Crippen LogP contribution in [-0.4, -0.2) is 69.0 Å². The number of carbonyl (C=O) groups excluding carboxylic acids is 2. The van der Waals surface area contributed by atoms with Gasteiger partial charge in [0.25, 0.3) is 0 Å². The lowest BCUT2D eigenvalue weighted by Gasteiger charge is -2.49. The average molecular weight is 419 g/mol. The number of aromatic nitrogens is 3. The number of aliphatic hydroxyl groups is 1. The van der Waals surface area contributed by atoms with E-state index < -0.39 is 5.60 Å². The summed E-state index contributed by atoms with van der Waals surface area (Å²) in [6.45, 7) is 4.93. The van der Waals surface area contributed by atoms with Gasteiger partial charge in [-0.2, -0.15) is 0 Å². The van der Waals surface area contributed by atoms with Gasteiger partial charge in [-0.05, 0) is 38.1 Å². The van der Waals surface area contributed by atoms with Crippen LogP contribution in [0.1, 0.15) is 57.6 Å². The second-order valence-electron chi connectivity index (χ2n) is 9.23. The Kier molecular flexibility index (Phi) is 6.38. The van der Waals surface area contributed by atoms with Gasteiger partial charge in [-0.15, -0.1) is 5.10 Å². The fourth-order valence-electron chi connectivity index (χ4n) is 5.39. The van der Waals surface area contributed by atoms with E-state index in [0.29, 0.717) is 30.7 Å². The van der Waals surface area contributed by atoms with Gasteiger partial charge in [0.1, 0.15) is 11.3 Å². The first kappa shape index (κ1) is 21.2. The Hall–Kier alpha value is -2.00. The molecular formula is C21H34N6O3. The highest BCUT2D eigenvalue weighted by Gasteiger charge is 2.43. The summed E-state index contributed by atoms with van der Waals surface area (Å²) in [5, 5.41) is 25.1. The molecule has 4 heterocycles. The molecule has 3 N–H and O–H groups in total. The van der Waals surface area contributed by atoms with Crippen LogP contribution in [0.15, 0.2) is 6.20 Å². The number of hydrogen-bond acceptors (Lipinski definition) is 6. The van der Waals surface area contributed by atoms with Crippen LogP contribution < -0.4 is 10.6 Å². The second kappa shape index (κ2) is 9.01. The maximum atomic E-state index is 12.6. The Labute approximate surface area is 177 Å². The molecule has 166 valence electrons. The molecule has 0 spiro atoms. The lowest BCUT2D eigenvalue weighted by molar-refractivity contribution is -0.133. The summed E-state index contributed by atoms with van der Waals surface area (Å²) in [4.78, 5) is 25.9. The average Bonchev–Trinajstić information content (AvgIpc) is 3.21. The zero-order valence-corrected chi connectivity index (χ0v) is 17.8. The van der Waals surface area contributed by atoms with Crippen molar-refractivity contribution >= 4 is 11.8 Å². The maximum Gasteiger partial charge on any atom is 0.224 e. The SMILES string of the molecule is CC(=O)NCCNC(=O)[C@H]1CN2CC[C@@H]1C[C@@H]2Cn1cc(C2(O)CCCCC2)nn1. The van der Waals surface area contributed by atoms with Crippen molar-refractivity contribution in [1.82, 2.24) is 30.5 Å². The summed E-state index contributed by atoms with van der Waals surface area (Å²) >= 11 is 0.